The molecule has 1 N–H and O–H groups in total. The van der Waals surface area contributed by atoms with Gasteiger partial charge in [-0.15, -0.1) is 0 Å². The van der Waals surface area contributed by atoms with Crippen LogP contribution in [0.3, 0.4) is 0 Å². The molecule has 24 heavy (non-hydrogen) atoms. The van der Waals surface area contributed by atoms with Crippen molar-refractivity contribution in [2.75, 3.05) is 19.4 Å². The first-order valence-electron chi connectivity index (χ1n) is 7.72. The highest BCUT2D eigenvalue weighted by Crippen LogP contribution is 2.40. The van der Waals surface area contributed by atoms with Crippen LogP contribution < -0.4 is 10.4 Å². The first kappa shape index (κ1) is 16.6. The van der Waals surface area contributed by atoms with Gasteiger partial charge in [0.1, 0.15) is 22.8 Å². The van der Waals surface area contributed by atoms with Gasteiger partial charge >= 0.3 is 5.63 Å². The molecule has 0 aliphatic carbocycles. The number of aryl methyl sites for hydroxylation is 1. The predicted molar refractivity (Wildman–Crippen MR) is 95.6 cm³/mol. The Kier molecular flexibility index (Phi) is 4.94. The minimum absolute atomic E-state index is 0.0758. The molecule has 0 unspecified atom stereocenters. The molecule has 2 heterocycles. The van der Waals surface area contributed by atoms with Crippen LogP contribution in [0, 0.1) is 6.92 Å². The van der Waals surface area contributed by atoms with Gasteiger partial charge < -0.3 is 14.3 Å². The van der Waals surface area contributed by atoms with Crippen LogP contribution in [-0.4, -0.2) is 30.2 Å². The summed E-state index contributed by atoms with van der Waals surface area (Å²) in [4.78, 5) is 16.7. The van der Waals surface area contributed by atoms with E-state index < -0.39 is 5.63 Å². The fraction of sp³-hybridized carbons (Fsp3) is 0.333. The summed E-state index contributed by atoms with van der Waals surface area (Å²) in [6, 6.07) is 9.30. The highest BCUT2D eigenvalue weighted by Gasteiger charge is 2.25. The average molecular weight is 345 g/mol. The maximum absolute atomic E-state index is 12.2. The standard InChI is InChI=1S/C18H19NO4S/c1-11-9-14(20)17(18(21)23-11)13-10-16(24-8-7-19-13)12-5-3-4-6-15(12)22-2/h3-6,9,16,20H,7-8,10H2,1-2H3/t16-/m1/s1. The van der Waals surface area contributed by atoms with E-state index >= 15 is 0 Å². The fourth-order valence-corrected chi connectivity index (χ4v) is 3.98. The van der Waals surface area contributed by atoms with Crippen LogP contribution in [0.4, 0.5) is 0 Å². The molecule has 126 valence electrons. The molecule has 5 nitrogen and oxygen atoms in total. The zero-order chi connectivity index (χ0) is 17.1. The lowest BCUT2D eigenvalue weighted by Crippen LogP contribution is -2.17. The number of rotatable bonds is 3. The van der Waals surface area contributed by atoms with Crippen molar-refractivity contribution in [2.24, 2.45) is 4.99 Å². The van der Waals surface area contributed by atoms with E-state index in [0.717, 1.165) is 17.1 Å². The molecule has 2 aromatic rings. The molecule has 0 saturated heterocycles. The number of para-hydroxylation sites is 1. The van der Waals surface area contributed by atoms with Crippen LogP contribution >= 0.6 is 11.8 Å². The number of aliphatic imine (C=N–C) groups is 1. The summed E-state index contributed by atoms with van der Waals surface area (Å²) >= 11 is 1.77. The Balaban J connectivity index is 1.99. The molecule has 0 amide bonds. The smallest absolute Gasteiger partial charge is 0.348 e. The van der Waals surface area contributed by atoms with Gasteiger partial charge in [0.25, 0.3) is 0 Å². The van der Waals surface area contributed by atoms with Gasteiger partial charge in [-0.25, -0.2) is 4.79 Å². The van der Waals surface area contributed by atoms with Gasteiger partial charge in [0.05, 0.1) is 12.8 Å². The SMILES string of the molecule is COc1ccccc1[C@H]1CC(c2c(O)cc(C)oc2=O)=NCCS1. The summed E-state index contributed by atoms with van der Waals surface area (Å²) in [7, 11) is 1.65. The van der Waals surface area contributed by atoms with Gasteiger partial charge in [-0.05, 0) is 13.0 Å². The van der Waals surface area contributed by atoms with E-state index in [1.165, 1.54) is 6.07 Å². The number of ether oxygens (including phenoxy) is 1. The number of benzene rings is 1. The van der Waals surface area contributed by atoms with Crippen molar-refractivity contribution < 1.29 is 14.3 Å². The third kappa shape index (κ3) is 3.33. The van der Waals surface area contributed by atoms with Gasteiger partial charge in [-0.1, -0.05) is 18.2 Å². The quantitative estimate of drug-likeness (QED) is 0.924. The van der Waals surface area contributed by atoms with E-state index in [4.69, 9.17) is 9.15 Å². The molecular formula is C18H19NO4S. The molecule has 3 rings (SSSR count). The van der Waals surface area contributed by atoms with Crippen LogP contribution in [0.5, 0.6) is 11.5 Å². The third-order valence-electron chi connectivity index (χ3n) is 3.92. The first-order chi connectivity index (χ1) is 11.6. The number of aromatic hydroxyl groups is 1. The zero-order valence-electron chi connectivity index (χ0n) is 13.6. The molecule has 6 heteroatoms. The Morgan fingerprint density at radius 3 is 2.92 bits per heavy atom. The Hall–Kier alpha value is -2.21. The van der Waals surface area contributed by atoms with E-state index in [2.05, 4.69) is 4.99 Å². The maximum Gasteiger partial charge on any atom is 0.348 e. The van der Waals surface area contributed by atoms with Gasteiger partial charge in [0, 0.05) is 35.6 Å². The van der Waals surface area contributed by atoms with Gasteiger partial charge in [-0.3, -0.25) is 4.99 Å². The fourth-order valence-electron chi connectivity index (χ4n) is 2.85. The molecule has 0 bridgehead atoms. The summed E-state index contributed by atoms with van der Waals surface area (Å²) in [5, 5.41) is 10.3. The molecule has 1 aliphatic rings. The van der Waals surface area contributed by atoms with Crippen molar-refractivity contribution in [3.63, 3.8) is 0 Å². The number of hydrogen-bond donors (Lipinski definition) is 1. The summed E-state index contributed by atoms with van der Waals surface area (Å²) in [5.41, 5.74) is 1.28. The van der Waals surface area contributed by atoms with Gasteiger partial charge in [-0.2, -0.15) is 11.8 Å². The summed E-state index contributed by atoms with van der Waals surface area (Å²) < 4.78 is 10.6. The lowest BCUT2D eigenvalue weighted by atomic mass is 10.0. The van der Waals surface area contributed by atoms with Gasteiger partial charge in [0.2, 0.25) is 0 Å². The second-order valence-corrected chi connectivity index (χ2v) is 6.85. The van der Waals surface area contributed by atoms with Gasteiger partial charge in [0.15, 0.2) is 0 Å². The van der Waals surface area contributed by atoms with Crippen molar-refractivity contribution >= 4 is 17.5 Å². The van der Waals surface area contributed by atoms with Crippen molar-refractivity contribution in [3.8, 4) is 11.5 Å². The van der Waals surface area contributed by atoms with E-state index in [-0.39, 0.29) is 16.6 Å². The molecule has 1 atom stereocenters. The lowest BCUT2D eigenvalue weighted by molar-refractivity contribution is 0.409. The normalized spacial score (nSPS) is 17.9. The first-order valence-corrected chi connectivity index (χ1v) is 8.77. The van der Waals surface area contributed by atoms with Crippen molar-refractivity contribution in [2.45, 2.75) is 18.6 Å². The van der Waals surface area contributed by atoms with Crippen LogP contribution in [0.1, 0.15) is 28.6 Å². The maximum atomic E-state index is 12.2. The minimum Gasteiger partial charge on any atom is -0.507 e. The van der Waals surface area contributed by atoms with Crippen molar-refractivity contribution in [1.82, 2.24) is 0 Å². The summed E-state index contributed by atoms with van der Waals surface area (Å²) in [6.07, 6.45) is 0.534. The molecule has 0 radical (unpaired) electrons. The number of hydrogen-bond acceptors (Lipinski definition) is 6. The van der Waals surface area contributed by atoms with E-state index in [9.17, 15) is 9.90 Å². The molecular weight excluding hydrogens is 326 g/mol. The molecule has 0 fully saturated rings. The van der Waals surface area contributed by atoms with Crippen molar-refractivity contribution in [1.29, 1.82) is 0 Å². The van der Waals surface area contributed by atoms with Crippen LogP contribution in [-0.2, 0) is 0 Å². The second kappa shape index (κ2) is 7.13. The monoisotopic (exact) mass is 345 g/mol. The number of methoxy groups -OCH3 is 1. The Bertz CT molecular complexity index is 828. The lowest BCUT2D eigenvalue weighted by Gasteiger charge is -2.18. The zero-order valence-corrected chi connectivity index (χ0v) is 14.4. The second-order valence-electron chi connectivity index (χ2n) is 5.54. The predicted octanol–water partition coefficient (Wildman–Crippen LogP) is 3.33. The molecule has 0 spiro atoms. The molecule has 1 aromatic carbocycles. The summed E-state index contributed by atoms with van der Waals surface area (Å²) in [5.74, 6) is 1.96. The highest BCUT2D eigenvalue weighted by molar-refractivity contribution is 7.99. The number of nitrogens with zero attached hydrogens (tertiary/aromatic N) is 1. The molecule has 0 saturated carbocycles. The Labute approximate surface area is 144 Å². The van der Waals surface area contributed by atoms with Crippen molar-refractivity contribution in [3.05, 3.63) is 57.6 Å². The van der Waals surface area contributed by atoms with Crippen LogP contribution in [0.2, 0.25) is 0 Å². The Morgan fingerprint density at radius 2 is 2.17 bits per heavy atom. The Morgan fingerprint density at radius 1 is 1.38 bits per heavy atom. The minimum atomic E-state index is -0.545. The largest absolute Gasteiger partial charge is 0.507 e. The average Bonchev–Trinajstić information content (AvgIpc) is 2.80. The molecule has 1 aliphatic heterocycles. The summed E-state index contributed by atoms with van der Waals surface area (Å²) in [6.45, 7) is 2.23. The third-order valence-corrected chi connectivity index (χ3v) is 5.16. The molecule has 1 aromatic heterocycles. The topological polar surface area (TPSA) is 72.0 Å². The van der Waals surface area contributed by atoms with Crippen LogP contribution in [0.25, 0.3) is 0 Å². The van der Waals surface area contributed by atoms with E-state index in [0.29, 0.717) is 24.4 Å². The van der Waals surface area contributed by atoms with Crippen LogP contribution in [0.15, 0.2) is 44.5 Å². The van der Waals surface area contributed by atoms with E-state index in [1.54, 1.807) is 25.8 Å². The van der Waals surface area contributed by atoms with E-state index in [1.807, 2.05) is 24.3 Å². The highest BCUT2D eigenvalue weighted by atomic mass is 32.2. The number of thioether (sulfide) groups is 1.